The minimum absolute atomic E-state index is 0.151. The first kappa shape index (κ1) is 13.1. The molecule has 4 nitrogen and oxygen atoms in total. The Labute approximate surface area is 99.2 Å². The van der Waals surface area contributed by atoms with Gasteiger partial charge in [0.25, 0.3) is 0 Å². The fourth-order valence-electron chi connectivity index (χ4n) is 1.33. The van der Waals surface area contributed by atoms with Crippen molar-refractivity contribution in [3.63, 3.8) is 0 Å². The molecule has 1 rings (SSSR count). The Morgan fingerprint density at radius 3 is 2.94 bits per heavy atom. The fraction of sp³-hybridized carbons (Fsp3) is 0.333. The third-order valence-corrected chi connectivity index (χ3v) is 2.37. The molecule has 0 aromatic heterocycles. The van der Waals surface area contributed by atoms with Crippen LogP contribution in [0.2, 0.25) is 0 Å². The highest BCUT2D eigenvalue weighted by molar-refractivity contribution is 5.92. The Hall–Kier alpha value is -1.93. The van der Waals surface area contributed by atoms with E-state index < -0.39 is 5.82 Å². The number of benzene rings is 1. The number of carbonyl (C=O) groups is 1. The minimum atomic E-state index is -0.648. The van der Waals surface area contributed by atoms with Crippen LogP contribution in [0.1, 0.15) is 25.3 Å². The fourth-order valence-corrected chi connectivity index (χ4v) is 1.33. The zero-order valence-corrected chi connectivity index (χ0v) is 9.53. The topological polar surface area (TPSA) is 78.9 Å². The summed E-state index contributed by atoms with van der Waals surface area (Å²) in [5, 5.41) is 11.3. The van der Waals surface area contributed by atoms with Crippen molar-refractivity contribution >= 4 is 11.6 Å². The maximum atomic E-state index is 13.2. The van der Waals surface area contributed by atoms with Gasteiger partial charge in [-0.1, -0.05) is 13.0 Å². The number of halogens is 1. The van der Waals surface area contributed by atoms with Crippen LogP contribution in [-0.4, -0.2) is 11.9 Å². The number of anilines is 1. The van der Waals surface area contributed by atoms with Gasteiger partial charge in [0.05, 0.1) is 5.69 Å². The lowest BCUT2D eigenvalue weighted by molar-refractivity contribution is -0.116. The number of hydrogen-bond acceptors (Lipinski definition) is 3. The number of nitrogens with zero attached hydrogens (tertiary/aromatic N) is 1. The second-order valence-corrected chi connectivity index (χ2v) is 3.69. The van der Waals surface area contributed by atoms with Crippen LogP contribution < -0.4 is 11.1 Å². The molecule has 1 atom stereocenters. The molecule has 0 radical (unpaired) electrons. The van der Waals surface area contributed by atoms with Crippen molar-refractivity contribution in [3.8, 4) is 6.07 Å². The van der Waals surface area contributed by atoms with E-state index in [1.54, 1.807) is 6.07 Å². The number of carbonyl (C=O) groups excluding carboxylic acids is 1. The normalized spacial score (nSPS) is 11.6. The molecule has 1 unspecified atom stereocenters. The molecule has 3 N–H and O–H groups in total. The van der Waals surface area contributed by atoms with Crippen molar-refractivity contribution in [1.82, 2.24) is 0 Å². The van der Waals surface area contributed by atoms with Crippen LogP contribution >= 0.6 is 0 Å². The van der Waals surface area contributed by atoms with Crippen LogP contribution in [0.3, 0.4) is 0 Å². The molecule has 5 heteroatoms. The van der Waals surface area contributed by atoms with Gasteiger partial charge in [-0.3, -0.25) is 4.79 Å². The highest BCUT2D eigenvalue weighted by Crippen LogP contribution is 2.18. The van der Waals surface area contributed by atoms with Crippen molar-refractivity contribution < 1.29 is 9.18 Å². The van der Waals surface area contributed by atoms with Crippen molar-refractivity contribution in [3.05, 3.63) is 29.6 Å². The summed E-state index contributed by atoms with van der Waals surface area (Å²) in [6.07, 6.45) is 0.833. The van der Waals surface area contributed by atoms with Crippen LogP contribution in [0.4, 0.5) is 10.1 Å². The van der Waals surface area contributed by atoms with Crippen molar-refractivity contribution in [2.24, 2.45) is 5.73 Å². The Bertz CT molecular complexity index is 454. The summed E-state index contributed by atoms with van der Waals surface area (Å²) in [6.45, 7) is 1.88. The summed E-state index contributed by atoms with van der Waals surface area (Å²) in [4.78, 5) is 11.5. The van der Waals surface area contributed by atoms with Gasteiger partial charge in [0.15, 0.2) is 0 Å². The highest BCUT2D eigenvalue weighted by Gasteiger charge is 2.12. The molecule has 0 aliphatic carbocycles. The number of nitrogens with one attached hydrogen (secondary N) is 1. The lowest BCUT2D eigenvalue weighted by Gasteiger charge is -2.10. The molecule has 1 aromatic rings. The molecule has 1 aromatic carbocycles. The molecule has 0 aliphatic heterocycles. The van der Waals surface area contributed by atoms with Gasteiger partial charge in [0.2, 0.25) is 5.91 Å². The maximum Gasteiger partial charge on any atom is 0.225 e. The lowest BCUT2D eigenvalue weighted by Crippen LogP contribution is -2.26. The summed E-state index contributed by atoms with van der Waals surface area (Å²) in [5.41, 5.74) is 5.65. The Balaban J connectivity index is 2.79. The van der Waals surface area contributed by atoms with Crippen molar-refractivity contribution in [1.29, 1.82) is 5.26 Å². The van der Waals surface area contributed by atoms with Gasteiger partial charge >= 0.3 is 0 Å². The lowest BCUT2D eigenvalue weighted by atomic mass is 10.1. The highest BCUT2D eigenvalue weighted by atomic mass is 19.1. The molecule has 0 heterocycles. The van der Waals surface area contributed by atoms with E-state index in [-0.39, 0.29) is 29.6 Å². The zero-order chi connectivity index (χ0) is 12.8. The monoisotopic (exact) mass is 235 g/mol. The van der Waals surface area contributed by atoms with Gasteiger partial charge in [-0.05, 0) is 18.6 Å². The SMILES string of the molecule is CCC(N)CC(=O)Nc1cccc(F)c1C#N. The van der Waals surface area contributed by atoms with Crippen molar-refractivity contribution in [2.75, 3.05) is 5.32 Å². The number of amides is 1. The van der Waals surface area contributed by atoms with E-state index in [9.17, 15) is 9.18 Å². The maximum absolute atomic E-state index is 13.2. The summed E-state index contributed by atoms with van der Waals surface area (Å²) >= 11 is 0. The van der Waals surface area contributed by atoms with Gasteiger partial charge in [-0.25, -0.2) is 4.39 Å². The molecule has 0 spiro atoms. The Morgan fingerprint density at radius 1 is 1.65 bits per heavy atom. The number of rotatable bonds is 4. The summed E-state index contributed by atoms with van der Waals surface area (Å²) in [7, 11) is 0. The molecule has 0 bridgehead atoms. The molecule has 0 saturated carbocycles. The molecular weight excluding hydrogens is 221 g/mol. The predicted octanol–water partition coefficient (Wildman–Crippen LogP) is 1.76. The standard InChI is InChI=1S/C12H14FN3O/c1-2-8(15)6-12(17)16-11-5-3-4-10(13)9(11)7-14/h3-5,8H,2,6,15H2,1H3,(H,16,17). The number of hydrogen-bond donors (Lipinski definition) is 2. The van der Waals surface area contributed by atoms with E-state index in [2.05, 4.69) is 5.32 Å². The number of nitrogens with two attached hydrogens (primary N) is 1. The first-order valence-electron chi connectivity index (χ1n) is 5.32. The Kier molecular flexibility index (Phi) is 4.61. The molecule has 17 heavy (non-hydrogen) atoms. The van der Waals surface area contributed by atoms with Crippen LogP contribution in [0.15, 0.2) is 18.2 Å². The minimum Gasteiger partial charge on any atom is -0.327 e. The average molecular weight is 235 g/mol. The van der Waals surface area contributed by atoms with Crippen LogP contribution in [0.25, 0.3) is 0 Å². The summed E-state index contributed by atoms with van der Waals surface area (Å²) in [5.74, 6) is -0.966. The van der Waals surface area contributed by atoms with Gasteiger partial charge in [0.1, 0.15) is 17.4 Å². The smallest absolute Gasteiger partial charge is 0.225 e. The van der Waals surface area contributed by atoms with E-state index in [1.165, 1.54) is 18.2 Å². The second kappa shape index (κ2) is 5.97. The molecule has 0 fully saturated rings. The van der Waals surface area contributed by atoms with Gasteiger partial charge in [-0.15, -0.1) is 0 Å². The van der Waals surface area contributed by atoms with Gasteiger partial charge in [0, 0.05) is 12.5 Å². The largest absolute Gasteiger partial charge is 0.327 e. The second-order valence-electron chi connectivity index (χ2n) is 3.69. The quantitative estimate of drug-likeness (QED) is 0.834. The van der Waals surface area contributed by atoms with E-state index in [0.717, 1.165) is 0 Å². The van der Waals surface area contributed by atoms with Crippen LogP contribution in [-0.2, 0) is 4.79 Å². The zero-order valence-electron chi connectivity index (χ0n) is 9.53. The third-order valence-electron chi connectivity index (χ3n) is 2.37. The summed E-state index contributed by atoms with van der Waals surface area (Å²) in [6, 6.07) is 5.58. The van der Waals surface area contributed by atoms with Crippen molar-refractivity contribution in [2.45, 2.75) is 25.8 Å². The predicted molar refractivity (Wildman–Crippen MR) is 62.6 cm³/mol. The molecule has 90 valence electrons. The van der Waals surface area contributed by atoms with Gasteiger partial charge < -0.3 is 11.1 Å². The van der Waals surface area contributed by atoms with E-state index in [1.807, 2.05) is 6.92 Å². The molecule has 0 aliphatic rings. The van der Waals surface area contributed by atoms with E-state index in [4.69, 9.17) is 11.0 Å². The van der Waals surface area contributed by atoms with Crippen LogP contribution in [0.5, 0.6) is 0 Å². The number of nitriles is 1. The molecular formula is C12H14FN3O. The average Bonchev–Trinajstić information content (AvgIpc) is 2.29. The van der Waals surface area contributed by atoms with E-state index in [0.29, 0.717) is 6.42 Å². The van der Waals surface area contributed by atoms with Gasteiger partial charge in [-0.2, -0.15) is 5.26 Å². The first-order chi connectivity index (χ1) is 8.08. The first-order valence-corrected chi connectivity index (χ1v) is 5.32. The Morgan fingerprint density at radius 2 is 2.35 bits per heavy atom. The molecule has 1 amide bonds. The molecule has 0 saturated heterocycles. The van der Waals surface area contributed by atoms with E-state index >= 15 is 0 Å². The summed E-state index contributed by atoms with van der Waals surface area (Å²) < 4.78 is 13.2. The van der Waals surface area contributed by atoms with Crippen LogP contribution in [0, 0.1) is 17.1 Å². The third kappa shape index (κ3) is 3.54.